The number of halogens is 1. The lowest BCUT2D eigenvalue weighted by atomic mass is 9.88. The van der Waals surface area contributed by atoms with E-state index in [1.807, 2.05) is 23.7 Å². The van der Waals surface area contributed by atoms with Crippen LogP contribution in [0.25, 0.3) is 22.6 Å². The molecule has 2 aliphatic carbocycles. The van der Waals surface area contributed by atoms with Gasteiger partial charge in [0.2, 0.25) is 0 Å². The number of aromatic nitrogens is 2. The first kappa shape index (κ1) is 37.8. The summed E-state index contributed by atoms with van der Waals surface area (Å²) in [5.74, 6) is 0. The average molecular weight is 804 g/mol. The molecule has 3 aliphatic heterocycles. The van der Waals surface area contributed by atoms with Gasteiger partial charge in [0.25, 0.3) is 0 Å². The molecule has 0 spiro atoms. The Kier molecular flexibility index (Phi) is 12.3. The lowest BCUT2D eigenvalue weighted by Crippen LogP contribution is -2.41. The molecule has 0 unspecified atom stereocenters. The van der Waals surface area contributed by atoms with Crippen molar-refractivity contribution in [2.24, 2.45) is 0 Å². The van der Waals surface area contributed by atoms with Crippen molar-refractivity contribution in [3.63, 3.8) is 0 Å². The van der Waals surface area contributed by atoms with Crippen LogP contribution in [0.2, 0.25) is 0 Å². The van der Waals surface area contributed by atoms with Gasteiger partial charge in [0.15, 0.2) is 0 Å². The maximum absolute atomic E-state index is 6.11. The third kappa shape index (κ3) is 9.40. The molecule has 0 atom stereocenters. The number of thiophene rings is 2. The number of allylic oxidation sites excluding steroid dienone is 2. The molecule has 0 amide bonds. The Morgan fingerprint density at radius 3 is 1.87 bits per heavy atom. The van der Waals surface area contributed by atoms with Gasteiger partial charge in [0.1, 0.15) is 0 Å². The molecule has 9 rings (SSSR count). The minimum absolute atomic E-state index is 0.238. The molecule has 5 aliphatic rings. The molecule has 8 nitrogen and oxygen atoms in total. The van der Waals surface area contributed by atoms with E-state index in [2.05, 4.69) is 124 Å². The van der Waals surface area contributed by atoms with Crippen molar-refractivity contribution >= 4 is 62.7 Å². The van der Waals surface area contributed by atoms with Crippen LogP contribution in [-0.2, 0) is 44.7 Å². The van der Waals surface area contributed by atoms with E-state index in [0.29, 0.717) is 0 Å². The predicted molar refractivity (Wildman–Crippen MR) is 217 cm³/mol. The number of nitrogens with zero attached hydrogens (tertiary/aromatic N) is 4. The van der Waals surface area contributed by atoms with Crippen molar-refractivity contribution in [2.45, 2.75) is 64.8 Å². The number of hydrogen-bond donors (Lipinski definition) is 0. The maximum Gasteiger partial charge on any atom is 0.505 e. The summed E-state index contributed by atoms with van der Waals surface area (Å²) in [6, 6.07) is 13.2. The van der Waals surface area contributed by atoms with Gasteiger partial charge in [-0.2, -0.15) is 0 Å². The summed E-state index contributed by atoms with van der Waals surface area (Å²) in [7, 11) is -0.238. The molecule has 0 saturated carbocycles. The van der Waals surface area contributed by atoms with Gasteiger partial charge in [-0.25, -0.2) is 0 Å². The number of morpholine rings is 2. The Labute approximate surface area is 325 Å². The Balaban J connectivity index is 0.000000129. The Morgan fingerprint density at radius 1 is 0.712 bits per heavy atom. The van der Waals surface area contributed by atoms with Gasteiger partial charge in [-0.05, 0) is 85.1 Å². The van der Waals surface area contributed by atoms with Crippen molar-refractivity contribution in [3.05, 3.63) is 97.7 Å². The van der Waals surface area contributed by atoms with Crippen molar-refractivity contribution < 1.29 is 18.8 Å². The van der Waals surface area contributed by atoms with Crippen LogP contribution < -0.4 is 4.78 Å². The van der Waals surface area contributed by atoms with Gasteiger partial charge >= 0.3 is 7.12 Å². The van der Waals surface area contributed by atoms with Gasteiger partial charge in [-0.3, -0.25) is 19.8 Å². The van der Waals surface area contributed by atoms with Crippen LogP contribution in [0.3, 0.4) is 0 Å². The standard InChI is InChI=1S/C17H18N2OS.C15H24BNO3S.C8H6BrN/c1-2-13-10-14(11-18-16(13)3-1)17-5-4-15(21-17)12-19-6-8-20-9-7-19;1-14(2)15(3,4)20-16(19-14)13-6-5-12(21-13)11-17-7-9-18-10-8-17;9-7-4-6-2-1-3-8(6)10-5-7/h1-2,4-5,10-11H,3,6-9,12H2;5-6H,7-11H2,1-4H3;1-2,4-5H,3H2. The van der Waals surface area contributed by atoms with Crippen LogP contribution >= 0.6 is 38.6 Å². The summed E-state index contributed by atoms with van der Waals surface area (Å²) < 4.78 is 25.2. The summed E-state index contributed by atoms with van der Waals surface area (Å²) in [6.07, 6.45) is 14.4. The molecule has 0 radical (unpaired) electrons. The highest BCUT2D eigenvalue weighted by atomic mass is 79.9. The molecule has 3 fully saturated rings. The number of fused-ring (bicyclic) bond motifs is 2. The van der Waals surface area contributed by atoms with Crippen molar-refractivity contribution in [1.29, 1.82) is 0 Å². The van der Waals surface area contributed by atoms with Crippen molar-refractivity contribution in [1.82, 2.24) is 19.8 Å². The van der Waals surface area contributed by atoms with E-state index in [-0.39, 0.29) is 18.3 Å². The van der Waals surface area contributed by atoms with Crippen LogP contribution in [0.4, 0.5) is 0 Å². The number of hydrogen-bond acceptors (Lipinski definition) is 10. The molecule has 7 heterocycles. The molecule has 0 N–H and O–H groups in total. The molecule has 52 heavy (non-hydrogen) atoms. The summed E-state index contributed by atoms with van der Waals surface area (Å²) in [5, 5.41) is 0. The minimum atomic E-state index is -0.272. The lowest BCUT2D eigenvalue weighted by Gasteiger charge is -2.32. The largest absolute Gasteiger partial charge is 0.505 e. The number of rotatable bonds is 6. The van der Waals surface area contributed by atoms with Crippen LogP contribution in [-0.4, -0.2) is 90.7 Å². The monoisotopic (exact) mass is 802 g/mol. The van der Waals surface area contributed by atoms with E-state index < -0.39 is 0 Å². The van der Waals surface area contributed by atoms with Crippen LogP contribution in [0.1, 0.15) is 60.0 Å². The summed E-state index contributed by atoms with van der Waals surface area (Å²) in [6.45, 7) is 17.9. The van der Waals surface area contributed by atoms with Gasteiger partial charge in [-0.15, -0.1) is 22.7 Å². The second kappa shape index (κ2) is 16.9. The fraction of sp³-hybridized carbons (Fsp3) is 0.450. The first-order valence-corrected chi connectivity index (χ1v) is 20.6. The number of pyridine rings is 2. The number of ether oxygens (including phenoxy) is 2. The normalized spacial score (nSPS) is 20.2. The zero-order chi connectivity index (χ0) is 36.1. The van der Waals surface area contributed by atoms with Crippen LogP contribution in [0, 0.1) is 0 Å². The van der Waals surface area contributed by atoms with E-state index in [1.54, 1.807) is 11.3 Å². The highest BCUT2D eigenvalue weighted by molar-refractivity contribution is 9.10. The fourth-order valence-electron chi connectivity index (χ4n) is 6.50. The first-order valence-electron chi connectivity index (χ1n) is 18.2. The second-order valence-electron chi connectivity index (χ2n) is 14.6. The Hall–Kier alpha value is -2.52. The molecule has 3 saturated heterocycles. The van der Waals surface area contributed by atoms with E-state index in [9.17, 15) is 0 Å². The molecule has 4 aromatic heterocycles. The maximum atomic E-state index is 6.11. The molecule has 12 heteroatoms. The Morgan fingerprint density at radius 2 is 1.25 bits per heavy atom. The minimum Gasteiger partial charge on any atom is -0.399 e. The fourth-order valence-corrected chi connectivity index (χ4v) is 8.89. The molecule has 274 valence electrons. The summed E-state index contributed by atoms with van der Waals surface area (Å²) >= 11 is 7.04. The summed E-state index contributed by atoms with van der Waals surface area (Å²) in [4.78, 5) is 17.8. The van der Waals surface area contributed by atoms with Gasteiger partial charge in [0.05, 0.1) is 49.0 Å². The molecular formula is C40H48BBrN4O4S2. The van der Waals surface area contributed by atoms with Gasteiger partial charge in [-0.1, -0.05) is 30.4 Å². The van der Waals surface area contributed by atoms with E-state index in [0.717, 1.165) is 87.8 Å². The smallest absolute Gasteiger partial charge is 0.399 e. The quantitative estimate of drug-likeness (QED) is 0.186. The SMILES string of the molecule is Brc1cnc2c(c1)C=CC2.C1=Cc2cc(-c3ccc(CN4CCOCC4)s3)cnc2C1.CC1(C)OB(c2ccc(CN3CCOCC3)s2)OC1(C)C. The van der Waals surface area contributed by atoms with Crippen molar-refractivity contribution in [2.75, 3.05) is 52.6 Å². The van der Waals surface area contributed by atoms with Crippen molar-refractivity contribution in [3.8, 4) is 10.4 Å². The highest BCUT2D eigenvalue weighted by Crippen LogP contribution is 2.37. The zero-order valence-corrected chi connectivity index (χ0v) is 33.8. The second-order valence-corrected chi connectivity index (χ2v) is 17.9. The first-order chi connectivity index (χ1) is 25.1. The Bertz CT molecular complexity index is 1860. The highest BCUT2D eigenvalue weighted by Gasteiger charge is 2.52. The van der Waals surface area contributed by atoms with E-state index in [4.69, 9.17) is 18.8 Å². The van der Waals surface area contributed by atoms with Crippen LogP contribution in [0.15, 0.2) is 65.4 Å². The van der Waals surface area contributed by atoms with E-state index in [1.165, 1.54) is 42.7 Å². The molecule has 0 aromatic carbocycles. The predicted octanol–water partition coefficient (Wildman–Crippen LogP) is 7.50. The average Bonchev–Trinajstić information content (AvgIpc) is 3.98. The molecule has 0 bridgehead atoms. The summed E-state index contributed by atoms with van der Waals surface area (Å²) in [5.41, 5.74) is 5.59. The van der Waals surface area contributed by atoms with Gasteiger partial charge < -0.3 is 18.8 Å². The molecule has 4 aromatic rings. The topological polar surface area (TPSA) is 69.2 Å². The zero-order valence-electron chi connectivity index (χ0n) is 30.6. The van der Waals surface area contributed by atoms with Crippen LogP contribution in [0.5, 0.6) is 0 Å². The van der Waals surface area contributed by atoms with Gasteiger partial charge in [0, 0.05) is 93.9 Å². The third-order valence-electron chi connectivity index (χ3n) is 10.3. The molecular weight excluding hydrogens is 755 g/mol. The third-order valence-corrected chi connectivity index (χ3v) is 12.9. The van der Waals surface area contributed by atoms with E-state index >= 15 is 0 Å². The lowest BCUT2D eigenvalue weighted by molar-refractivity contribution is 0.00578.